The lowest BCUT2D eigenvalue weighted by atomic mass is 10.1. The minimum atomic E-state index is -4.49. The van der Waals surface area contributed by atoms with Crippen molar-refractivity contribution in [1.29, 1.82) is 0 Å². The number of nitrogens with one attached hydrogen (secondary N) is 1. The molecule has 0 bridgehead atoms. The second-order valence-corrected chi connectivity index (χ2v) is 6.47. The minimum Gasteiger partial charge on any atom is -0.339 e. The van der Waals surface area contributed by atoms with Gasteiger partial charge >= 0.3 is 6.18 Å². The van der Waals surface area contributed by atoms with Crippen LogP contribution in [0.2, 0.25) is 5.02 Å². The summed E-state index contributed by atoms with van der Waals surface area (Å²) >= 11 is 6.26. The number of halogens is 4. The van der Waals surface area contributed by atoms with Gasteiger partial charge in [-0.25, -0.2) is 9.97 Å². The smallest absolute Gasteiger partial charge is 0.339 e. The van der Waals surface area contributed by atoms with E-state index in [0.29, 0.717) is 27.3 Å². The molecule has 0 fully saturated rings. The Morgan fingerprint density at radius 1 is 0.786 bits per heavy atom. The summed E-state index contributed by atoms with van der Waals surface area (Å²) in [5, 5.41) is 3.90. The molecule has 4 rings (SSSR count). The summed E-state index contributed by atoms with van der Waals surface area (Å²) in [6.45, 7) is 0. The van der Waals surface area contributed by atoms with Crippen LogP contribution in [-0.4, -0.2) is 9.97 Å². The zero-order valence-electron chi connectivity index (χ0n) is 14.3. The Kier molecular flexibility index (Phi) is 4.65. The lowest BCUT2D eigenvalue weighted by Crippen LogP contribution is -2.09. The van der Waals surface area contributed by atoms with E-state index >= 15 is 0 Å². The van der Waals surface area contributed by atoms with Crippen molar-refractivity contribution in [3.8, 4) is 11.4 Å². The lowest BCUT2D eigenvalue weighted by molar-refractivity contribution is -0.136. The third-order valence-corrected chi connectivity index (χ3v) is 4.53. The van der Waals surface area contributed by atoms with E-state index in [0.717, 1.165) is 6.07 Å². The summed E-state index contributed by atoms with van der Waals surface area (Å²) in [4.78, 5) is 9.00. The highest BCUT2D eigenvalue weighted by atomic mass is 35.5. The number of hydrogen-bond donors (Lipinski definition) is 1. The number of para-hydroxylation sites is 2. The van der Waals surface area contributed by atoms with Gasteiger partial charge in [0.25, 0.3) is 0 Å². The van der Waals surface area contributed by atoms with Gasteiger partial charge in [-0.1, -0.05) is 48.0 Å². The second-order valence-electron chi connectivity index (χ2n) is 6.06. The number of alkyl halides is 3. The van der Waals surface area contributed by atoms with E-state index in [-0.39, 0.29) is 11.5 Å². The summed E-state index contributed by atoms with van der Waals surface area (Å²) in [7, 11) is 0. The molecule has 0 aliphatic heterocycles. The Bertz CT molecular complexity index is 1160. The lowest BCUT2D eigenvalue weighted by Gasteiger charge is -2.16. The quantitative estimate of drug-likeness (QED) is 0.416. The van der Waals surface area contributed by atoms with Gasteiger partial charge in [0.1, 0.15) is 5.82 Å². The Morgan fingerprint density at radius 2 is 1.46 bits per heavy atom. The van der Waals surface area contributed by atoms with Gasteiger partial charge < -0.3 is 5.32 Å². The molecule has 0 radical (unpaired) electrons. The normalized spacial score (nSPS) is 11.6. The van der Waals surface area contributed by atoms with Crippen LogP contribution >= 0.6 is 11.6 Å². The highest BCUT2D eigenvalue weighted by Gasteiger charge is 2.33. The minimum absolute atomic E-state index is 0.0797. The predicted molar refractivity (Wildman–Crippen MR) is 105 cm³/mol. The van der Waals surface area contributed by atoms with Gasteiger partial charge in [0.15, 0.2) is 5.82 Å². The molecule has 0 aliphatic carbocycles. The molecule has 1 N–H and O–H groups in total. The van der Waals surface area contributed by atoms with E-state index in [1.807, 2.05) is 0 Å². The van der Waals surface area contributed by atoms with Gasteiger partial charge in [-0.3, -0.25) is 0 Å². The van der Waals surface area contributed by atoms with E-state index < -0.39 is 11.7 Å². The molecular weight excluding hydrogens is 387 g/mol. The first kappa shape index (κ1) is 18.3. The molecule has 0 spiro atoms. The Labute approximate surface area is 163 Å². The second kappa shape index (κ2) is 7.13. The number of nitrogens with zero attached hydrogens (tertiary/aromatic N) is 2. The van der Waals surface area contributed by atoms with Crippen LogP contribution < -0.4 is 5.32 Å². The van der Waals surface area contributed by atoms with Crippen molar-refractivity contribution >= 4 is 34.0 Å². The maximum Gasteiger partial charge on any atom is 0.418 e. The number of rotatable bonds is 3. The van der Waals surface area contributed by atoms with Gasteiger partial charge in [0, 0.05) is 10.9 Å². The third-order valence-electron chi connectivity index (χ3n) is 4.20. The van der Waals surface area contributed by atoms with Crippen LogP contribution in [0.1, 0.15) is 5.56 Å². The van der Waals surface area contributed by atoms with Gasteiger partial charge in [0.2, 0.25) is 0 Å². The fraction of sp³-hybridized carbons (Fsp3) is 0.0476. The fourth-order valence-electron chi connectivity index (χ4n) is 2.90. The van der Waals surface area contributed by atoms with Crippen molar-refractivity contribution in [1.82, 2.24) is 9.97 Å². The maximum absolute atomic E-state index is 13.4. The Hall–Kier alpha value is -3.12. The molecule has 0 aliphatic rings. The van der Waals surface area contributed by atoms with Crippen molar-refractivity contribution in [2.45, 2.75) is 6.18 Å². The number of fused-ring (bicyclic) bond motifs is 1. The molecule has 1 aromatic heterocycles. The highest BCUT2D eigenvalue weighted by molar-refractivity contribution is 6.33. The van der Waals surface area contributed by atoms with E-state index in [1.54, 1.807) is 48.5 Å². The molecule has 0 unspecified atom stereocenters. The van der Waals surface area contributed by atoms with Crippen LogP contribution in [0.4, 0.5) is 24.7 Å². The topological polar surface area (TPSA) is 37.8 Å². The molecular formula is C21H13ClF3N3. The first-order valence-corrected chi connectivity index (χ1v) is 8.76. The van der Waals surface area contributed by atoms with Gasteiger partial charge in [0.05, 0.1) is 21.8 Å². The van der Waals surface area contributed by atoms with E-state index in [2.05, 4.69) is 15.3 Å². The Morgan fingerprint density at radius 3 is 2.25 bits per heavy atom. The van der Waals surface area contributed by atoms with Crippen LogP contribution in [0.3, 0.4) is 0 Å². The van der Waals surface area contributed by atoms with E-state index in [9.17, 15) is 13.2 Å². The first-order valence-electron chi connectivity index (χ1n) is 8.38. The van der Waals surface area contributed by atoms with Crippen LogP contribution in [0, 0.1) is 0 Å². The molecule has 4 aromatic rings. The van der Waals surface area contributed by atoms with Gasteiger partial charge in [-0.15, -0.1) is 0 Å². The molecule has 3 aromatic carbocycles. The molecule has 1 heterocycles. The van der Waals surface area contributed by atoms with Gasteiger partial charge in [-0.2, -0.15) is 13.2 Å². The van der Waals surface area contributed by atoms with Crippen LogP contribution in [0.5, 0.6) is 0 Å². The molecule has 0 atom stereocenters. The standard InChI is InChI=1S/C21H13ClF3N3/c22-16-10-4-1-7-13(16)19-26-17-11-5-2-8-14(17)20(28-19)27-18-12-6-3-9-15(18)21(23,24)25/h1-12H,(H,26,27,28). The van der Waals surface area contributed by atoms with Crippen molar-refractivity contribution in [3.05, 3.63) is 83.4 Å². The number of aromatic nitrogens is 2. The molecule has 3 nitrogen and oxygen atoms in total. The van der Waals surface area contributed by atoms with Crippen molar-refractivity contribution < 1.29 is 13.2 Å². The largest absolute Gasteiger partial charge is 0.418 e. The average Bonchev–Trinajstić information content (AvgIpc) is 2.68. The summed E-state index contributed by atoms with van der Waals surface area (Å²) < 4.78 is 40.1. The van der Waals surface area contributed by atoms with Crippen LogP contribution in [-0.2, 0) is 6.18 Å². The van der Waals surface area contributed by atoms with E-state index in [1.165, 1.54) is 18.2 Å². The Balaban J connectivity index is 1.89. The summed E-state index contributed by atoms with van der Waals surface area (Å²) in [6, 6.07) is 19.5. The average molecular weight is 400 g/mol. The monoisotopic (exact) mass is 399 g/mol. The van der Waals surface area contributed by atoms with Crippen molar-refractivity contribution in [3.63, 3.8) is 0 Å². The highest BCUT2D eigenvalue weighted by Crippen LogP contribution is 2.37. The zero-order chi connectivity index (χ0) is 19.7. The number of benzene rings is 3. The van der Waals surface area contributed by atoms with Crippen LogP contribution in [0.25, 0.3) is 22.3 Å². The van der Waals surface area contributed by atoms with Gasteiger partial charge in [-0.05, 0) is 36.4 Å². The first-order chi connectivity index (χ1) is 13.4. The molecule has 28 heavy (non-hydrogen) atoms. The molecule has 0 amide bonds. The SMILES string of the molecule is FC(F)(F)c1ccccc1Nc1nc(-c2ccccc2Cl)nc2ccccc12. The van der Waals surface area contributed by atoms with E-state index in [4.69, 9.17) is 11.6 Å². The molecule has 140 valence electrons. The maximum atomic E-state index is 13.4. The molecule has 0 saturated heterocycles. The molecule has 0 saturated carbocycles. The van der Waals surface area contributed by atoms with Crippen LogP contribution in [0.15, 0.2) is 72.8 Å². The fourth-order valence-corrected chi connectivity index (χ4v) is 3.12. The zero-order valence-corrected chi connectivity index (χ0v) is 15.1. The number of anilines is 2. The summed E-state index contributed by atoms with van der Waals surface area (Å²) in [5.41, 5.74) is 0.349. The molecule has 7 heteroatoms. The summed E-state index contributed by atoms with van der Waals surface area (Å²) in [5.74, 6) is 0.605. The van der Waals surface area contributed by atoms with Crippen molar-refractivity contribution in [2.24, 2.45) is 0 Å². The number of hydrogen-bond acceptors (Lipinski definition) is 3. The van der Waals surface area contributed by atoms with Crippen molar-refractivity contribution in [2.75, 3.05) is 5.32 Å². The third kappa shape index (κ3) is 3.51. The summed E-state index contributed by atoms with van der Waals surface area (Å²) in [6.07, 6.45) is -4.49. The predicted octanol–water partition coefficient (Wildman–Crippen LogP) is 6.71.